The lowest BCUT2D eigenvalue weighted by Crippen LogP contribution is -2.47. The maximum atomic E-state index is 9.15. The third kappa shape index (κ3) is 1.70. The lowest BCUT2D eigenvalue weighted by Gasteiger charge is -2.41. The van der Waals surface area contributed by atoms with Gasteiger partial charge in [-0.15, -0.1) is 0 Å². The number of rotatable bonds is 0. The molecule has 2 aliphatic rings. The van der Waals surface area contributed by atoms with Gasteiger partial charge in [-0.2, -0.15) is 5.26 Å². The fraction of sp³-hybridized carbons (Fsp3) is 0.583. The van der Waals surface area contributed by atoms with Gasteiger partial charge in [0, 0.05) is 24.5 Å². The number of likely N-dealkylation sites (tertiary alicyclic amines) is 1. The summed E-state index contributed by atoms with van der Waals surface area (Å²) in [6.45, 7) is 0.892. The number of nitrogen functional groups attached to an aromatic ring is 1. The Kier molecular flexibility index (Phi) is 2.36. The molecule has 0 saturated carbocycles. The first-order chi connectivity index (χ1) is 8.28. The summed E-state index contributed by atoms with van der Waals surface area (Å²) in [4.78, 5) is 10.3. The first-order valence-corrected chi connectivity index (χ1v) is 6.04. The second kappa shape index (κ2) is 3.88. The molecule has 0 unspecified atom stereocenters. The molecule has 1 aliphatic carbocycles. The Hall–Kier alpha value is -1.83. The monoisotopic (exact) mass is 229 g/mol. The second-order valence-corrected chi connectivity index (χ2v) is 4.87. The first kappa shape index (κ1) is 10.3. The Morgan fingerprint density at radius 1 is 1.47 bits per heavy atom. The molecule has 1 aromatic heterocycles. The van der Waals surface area contributed by atoms with Gasteiger partial charge in [-0.3, -0.25) is 0 Å². The molecule has 3 rings (SSSR count). The minimum Gasteiger partial charge on any atom is -0.368 e. The quantitative estimate of drug-likeness (QED) is 0.663. The molecule has 88 valence electrons. The highest BCUT2D eigenvalue weighted by Crippen LogP contribution is 2.33. The summed E-state index contributed by atoms with van der Waals surface area (Å²) < 4.78 is 0. The van der Waals surface area contributed by atoms with Crippen molar-refractivity contribution in [1.82, 2.24) is 14.9 Å². The second-order valence-electron chi connectivity index (χ2n) is 4.87. The highest BCUT2D eigenvalue weighted by molar-refractivity contribution is 5.29. The van der Waals surface area contributed by atoms with Gasteiger partial charge < -0.3 is 10.6 Å². The summed E-state index contributed by atoms with van der Waals surface area (Å²) in [5.74, 6) is 0.903. The van der Waals surface area contributed by atoms with Crippen molar-refractivity contribution in [2.75, 3.05) is 12.3 Å². The molecule has 0 radical (unpaired) electrons. The van der Waals surface area contributed by atoms with E-state index in [4.69, 9.17) is 11.0 Å². The Morgan fingerprint density at radius 3 is 3.18 bits per heavy atom. The lowest BCUT2D eigenvalue weighted by molar-refractivity contribution is 0.139. The van der Waals surface area contributed by atoms with Gasteiger partial charge in [0.05, 0.1) is 0 Å². The number of hydrogen-bond donors (Lipinski definition) is 1. The molecule has 0 spiro atoms. The average molecular weight is 229 g/mol. The molecule has 1 aliphatic heterocycles. The van der Waals surface area contributed by atoms with Crippen molar-refractivity contribution < 1.29 is 0 Å². The van der Waals surface area contributed by atoms with Gasteiger partial charge in [-0.05, 0) is 37.2 Å². The molecule has 0 amide bonds. The lowest BCUT2D eigenvalue weighted by atomic mass is 9.77. The van der Waals surface area contributed by atoms with Crippen LogP contribution in [0.5, 0.6) is 0 Å². The molecular formula is C12H15N5. The molecule has 1 saturated heterocycles. The highest BCUT2D eigenvalue weighted by Gasteiger charge is 2.35. The van der Waals surface area contributed by atoms with Gasteiger partial charge in [-0.1, -0.05) is 0 Å². The van der Waals surface area contributed by atoms with E-state index in [-0.39, 0.29) is 0 Å². The third-order valence-electron chi connectivity index (χ3n) is 3.90. The van der Waals surface area contributed by atoms with Crippen molar-refractivity contribution in [1.29, 1.82) is 5.26 Å². The largest absolute Gasteiger partial charge is 0.368 e. The molecule has 17 heavy (non-hydrogen) atoms. The van der Waals surface area contributed by atoms with E-state index in [9.17, 15) is 0 Å². The normalized spacial score (nSPS) is 26.9. The topological polar surface area (TPSA) is 78.8 Å². The number of piperidine rings is 1. The van der Waals surface area contributed by atoms with Crippen molar-refractivity contribution in [3.8, 4) is 6.19 Å². The van der Waals surface area contributed by atoms with Gasteiger partial charge >= 0.3 is 0 Å². The van der Waals surface area contributed by atoms with E-state index in [0.29, 0.717) is 17.9 Å². The van der Waals surface area contributed by atoms with Crippen molar-refractivity contribution in [3.05, 3.63) is 17.5 Å². The standard InChI is InChI=1S/C12H15N5/c13-7-17-3-1-2-8-4-10-9(5-11(8)17)6-15-12(14)16-10/h6,8,11H,1-5H2,(H2,14,15,16)/t8-,11-/m1/s1. The first-order valence-electron chi connectivity index (χ1n) is 6.04. The predicted octanol–water partition coefficient (Wildman–Crippen LogP) is 0.719. The average Bonchev–Trinajstić information content (AvgIpc) is 2.35. The van der Waals surface area contributed by atoms with E-state index < -0.39 is 0 Å². The smallest absolute Gasteiger partial charge is 0.220 e. The maximum Gasteiger partial charge on any atom is 0.220 e. The summed E-state index contributed by atoms with van der Waals surface area (Å²) in [5, 5.41) is 9.15. The van der Waals surface area contributed by atoms with E-state index in [1.165, 1.54) is 6.42 Å². The molecule has 1 fully saturated rings. The van der Waals surface area contributed by atoms with Crippen LogP contribution in [0.2, 0.25) is 0 Å². The van der Waals surface area contributed by atoms with Crippen LogP contribution in [0.3, 0.4) is 0 Å². The summed E-state index contributed by atoms with van der Waals surface area (Å²) in [5.41, 5.74) is 7.86. The molecule has 0 aromatic carbocycles. The number of aromatic nitrogens is 2. The molecule has 2 atom stereocenters. The van der Waals surface area contributed by atoms with Crippen molar-refractivity contribution in [2.24, 2.45) is 5.92 Å². The van der Waals surface area contributed by atoms with Gasteiger partial charge in [0.2, 0.25) is 5.95 Å². The van der Waals surface area contributed by atoms with Crippen LogP contribution >= 0.6 is 0 Å². The molecule has 0 bridgehead atoms. The molecule has 2 N–H and O–H groups in total. The minimum atomic E-state index is 0.341. The fourth-order valence-electron chi connectivity index (χ4n) is 3.05. The van der Waals surface area contributed by atoms with Crippen LogP contribution < -0.4 is 5.73 Å². The zero-order valence-corrected chi connectivity index (χ0v) is 9.63. The number of nitriles is 1. The summed E-state index contributed by atoms with van der Waals surface area (Å²) in [6.07, 6.45) is 8.24. The number of nitrogens with two attached hydrogens (primary N) is 1. The number of nitrogens with zero attached hydrogens (tertiary/aromatic N) is 4. The number of anilines is 1. The molecule has 1 aromatic rings. The van der Waals surface area contributed by atoms with Gasteiger partial charge in [0.25, 0.3) is 0 Å². The van der Waals surface area contributed by atoms with Gasteiger partial charge in [0.1, 0.15) is 0 Å². The number of hydrogen-bond acceptors (Lipinski definition) is 5. The number of fused-ring (bicyclic) bond motifs is 2. The van der Waals surface area contributed by atoms with Crippen LogP contribution in [0.15, 0.2) is 6.20 Å². The summed E-state index contributed by atoms with van der Waals surface area (Å²) in [7, 11) is 0. The van der Waals surface area contributed by atoms with Crippen molar-refractivity contribution in [2.45, 2.75) is 31.7 Å². The van der Waals surface area contributed by atoms with Crippen LogP contribution in [0, 0.1) is 17.4 Å². The molecular weight excluding hydrogens is 214 g/mol. The minimum absolute atomic E-state index is 0.341. The van der Waals surface area contributed by atoms with Crippen LogP contribution in [0.25, 0.3) is 0 Å². The molecule has 5 heteroatoms. The van der Waals surface area contributed by atoms with E-state index in [0.717, 1.165) is 37.1 Å². The molecule has 2 heterocycles. The van der Waals surface area contributed by atoms with Crippen molar-refractivity contribution in [3.63, 3.8) is 0 Å². The van der Waals surface area contributed by atoms with Gasteiger partial charge in [-0.25, -0.2) is 9.97 Å². The summed E-state index contributed by atoms with van der Waals surface area (Å²) >= 11 is 0. The third-order valence-corrected chi connectivity index (χ3v) is 3.90. The van der Waals surface area contributed by atoms with Gasteiger partial charge in [0.15, 0.2) is 6.19 Å². The highest BCUT2D eigenvalue weighted by atomic mass is 15.2. The Morgan fingerprint density at radius 2 is 2.35 bits per heavy atom. The SMILES string of the molecule is N#CN1CCC[C@@H]2Cc3nc(N)ncc3C[C@H]21. The zero-order chi connectivity index (χ0) is 11.8. The van der Waals surface area contributed by atoms with E-state index in [1.807, 2.05) is 11.1 Å². The Bertz CT molecular complexity index is 478. The van der Waals surface area contributed by atoms with E-state index >= 15 is 0 Å². The van der Waals surface area contributed by atoms with Crippen LogP contribution in [0.1, 0.15) is 24.1 Å². The van der Waals surface area contributed by atoms with E-state index in [2.05, 4.69) is 16.2 Å². The summed E-state index contributed by atoms with van der Waals surface area (Å²) in [6, 6.07) is 0.341. The maximum absolute atomic E-state index is 9.15. The van der Waals surface area contributed by atoms with Crippen LogP contribution in [0.4, 0.5) is 5.95 Å². The van der Waals surface area contributed by atoms with Crippen molar-refractivity contribution >= 4 is 5.95 Å². The van der Waals surface area contributed by atoms with E-state index in [1.54, 1.807) is 0 Å². The predicted molar refractivity (Wildman–Crippen MR) is 62.7 cm³/mol. The fourth-order valence-corrected chi connectivity index (χ4v) is 3.05. The molecule has 5 nitrogen and oxygen atoms in total. The van der Waals surface area contributed by atoms with Crippen LogP contribution in [-0.4, -0.2) is 27.5 Å². The Balaban J connectivity index is 1.93. The van der Waals surface area contributed by atoms with Crippen LogP contribution in [-0.2, 0) is 12.8 Å². The zero-order valence-electron chi connectivity index (χ0n) is 9.63. The Labute approximate surface area is 100 Å².